The third-order valence-electron chi connectivity index (χ3n) is 3.39. The number of thiol groups is 3. The molecule has 1 aromatic heterocycles. The lowest BCUT2D eigenvalue weighted by Crippen LogP contribution is -2.49. The second-order valence-corrected chi connectivity index (χ2v) is 7.49. The number of nitrogens with two attached hydrogens (primary N) is 1. The number of rotatable bonds is 11. The largest absolute Gasteiger partial charge is 0.480 e. The van der Waals surface area contributed by atoms with Crippen LogP contribution in [-0.4, -0.2) is 62.5 Å². The van der Waals surface area contributed by atoms with Gasteiger partial charge in [0, 0.05) is 29.4 Å². The number of carbonyl (C=O) groups is 4. The summed E-state index contributed by atoms with van der Waals surface area (Å²) in [5.74, 6) is -3.30. The summed E-state index contributed by atoms with van der Waals surface area (Å²) in [7, 11) is 0.669. The van der Waals surface area contributed by atoms with Crippen LogP contribution < -0.4 is 15.8 Å². The molecule has 2 amide bonds. The quantitative estimate of drug-likeness (QED) is 0.113. The number of carboxylic acids is 1. The second-order valence-electron chi connectivity index (χ2n) is 5.54. The van der Waals surface area contributed by atoms with E-state index in [1.807, 2.05) is 0 Å². The molecule has 1 aromatic rings. The molecule has 2 atom stereocenters. The second kappa shape index (κ2) is 12.8. The van der Waals surface area contributed by atoms with Crippen molar-refractivity contribution in [3.8, 4) is 5.88 Å². The lowest BCUT2D eigenvalue weighted by molar-refractivity contribution is -0.140. The highest BCUT2D eigenvalue weighted by molar-refractivity contribution is 8.67. The number of nitrogens with zero attached hydrogens (tertiary/aromatic N) is 2. The maximum Gasteiger partial charge on any atom is 0.333 e. The zero-order chi connectivity index (χ0) is 22.0. The van der Waals surface area contributed by atoms with E-state index in [1.54, 1.807) is 12.1 Å². The summed E-state index contributed by atoms with van der Waals surface area (Å²) in [4.78, 5) is 51.5. The Bertz CT molecular complexity index is 753. The normalized spacial score (nSPS) is 12.6. The maximum absolute atomic E-state index is 12.6. The van der Waals surface area contributed by atoms with E-state index >= 15 is 0 Å². The first-order chi connectivity index (χ1) is 13.7. The Morgan fingerprint density at radius 3 is 2.62 bits per heavy atom. The van der Waals surface area contributed by atoms with Crippen molar-refractivity contribution in [2.75, 3.05) is 12.3 Å². The number of hydrogen-bond acceptors (Lipinski definition) is 11. The van der Waals surface area contributed by atoms with Crippen molar-refractivity contribution in [2.24, 2.45) is 5.73 Å². The number of amides is 2. The van der Waals surface area contributed by atoms with Crippen LogP contribution in [0.5, 0.6) is 5.88 Å². The van der Waals surface area contributed by atoms with Gasteiger partial charge in [-0.25, -0.2) is 9.78 Å². The lowest BCUT2D eigenvalue weighted by Gasteiger charge is -2.23. The highest BCUT2D eigenvalue weighted by atomic mass is 33.1. The third kappa shape index (κ3) is 8.74. The summed E-state index contributed by atoms with van der Waals surface area (Å²) >= 11 is 12.1. The summed E-state index contributed by atoms with van der Waals surface area (Å²) in [5, 5.41) is 11.2. The molecule has 10 nitrogen and oxygen atoms in total. The van der Waals surface area contributed by atoms with Gasteiger partial charge >= 0.3 is 11.9 Å². The van der Waals surface area contributed by atoms with Crippen molar-refractivity contribution in [1.82, 2.24) is 14.6 Å². The molecule has 14 heteroatoms. The van der Waals surface area contributed by atoms with Crippen LogP contribution in [0.2, 0.25) is 0 Å². The van der Waals surface area contributed by atoms with Gasteiger partial charge in [-0.1, -0.05) is 11.7 Å². The van der Waals surface area contributed by atoms with E-state index in [1.165, 1.54) is 6.20 Å². The Morgan fingerprint density at radius 1 is 1.38 bits per heavy atom. The van der Waals surface area contributed by atoms with Crippen LogP contribution in [0.15, 0.2) is 23.2 Å². The zero-order valence-corrected chi connectivity index (χ0v) is 18.4. The zero-order valence-electron chi connectivity index (χ0n) is 14.9. The molecule has 4 N–H and O–H groups in total. The van der Waals surface area contributed by atoms with Gasteiger partial charge in [0.15, 0.2) is 0 Å². The van der Waals surface area contributed by atoms with E-state index in [2.05, 4.69) is 47.2 Å². The van der Waals surface area contributed by atoms with Crippen molar-refractivity contribution in [1.29, 1.82) is 0 Å². The summed E-state index contributed by atoms with van der Waals surface area (Å²) < 4.78 is 6.05. The Kier molecular flexibility index (Phi) is 11.3. The molecule has 1 heterocycles. The fourth-order valence-corrected chi connectivity index (χ4v) is 3.12. The minimum atomic E-state index is -1.23. The first-order valence-corrected chi connectivity index (χ1v) is 11.0. The summed E-state index contributed by atoms with van der Waals surface area (Å²) in [5.41, 5.74) is 5.34. The topological polar surface area (TPSA) is 152 Å². The molecule has 0 aliphatic carbocycles. The van der Waals surface area contributed by atoms with Gasteiger partial charge in [-0.2, -0.15) is 12.6 Å². The van der Waals surface area contributed by atoms with Gasteiger partial charge in [-0.15, -0.1) is 12.6 Å². The average Bonchev–Trinajstić information content (AvgIpc) is 2.69. The summed E-state index contributed by atoms with van der Waals surface area (Å²) in [6.45, 7) is -0.471. The molecule has 29 heavy (non-hydrogen) atoms. The van der Waals surface area contributed by atoms with Crippen LogP contribution in [-0.2, 0) is 19.2 Å². The van der Waals surface area contributed by atoms with Crippen molar-refractivity contribution >= 4 is 71.7 Å². The molecule has 0 saturated carbocycles. The number of ether oxygens (including phenoxy) is 1. The van der Waals surface area contributed by atoms with Crippen molar-refractivity contribution in [2.45, 2.75) is 29.8 Å². The number of esters is 1. The summed E-state index contributed by atoms with van der Waals surface area (Å²) in [6, 6.07) is 0.947. The van der Waals surface area contributed by atoms with Crippen molar-refractivity contribution < 1.29 is 29.0 Å². The van der Waals surface area contributed by atoms with Crippen LogP contribution >= 0.6 is 47.9 Å². The van der Waals surface area contributed by atoms with Gasteiger partial charge in [-0.05, 0) is 18.6 Å². The first kappa shape index (κ1) is 25.4. The van der Waals surface area contributed by atoms with E-state index in [9.17, 15) is 19.2 Å². The number of nitrogens with one attached hydrogen (secondary N) is 1. The monoisotopic (exact) mass is 480 g/mol. The molecular formula is C15H20N4O6S4. The molecule has 2 unspecified atom stereocenters. The van der Waals surface area contributed by atoms with Crippen LogP contribution in [0.1, 0.15) is 12.8 Å². The fourth-order valence-electron chi connectivity index (χ4n) is 1.90. The number of aliphatic carboxylic acids is 1. The van der Waals surface area contributed by atoms with Crippen LogP contribution in [0.4, 0.5) is 0 Å². The molecule has 0 bridgehead atoms. The van der Waals surface area contributed by atoms with Gasteiger partial charge in [-0.3, -0.25) is 18.7 Å². The molecule has 0 aromatic carbocycles. The molecule has 0 fully saturated rings. The highest BCUT2D eigenvalue weighted by Gasteiger charge is 2.28. The molecule has 0 aliphatic heterocycles. The number of pyridine rings is 1. The molecular weight excluding hydrogens is 460 g/mol. The Balaban J connectivity index is 2.65. The number of carbonyl (C=O) groups excluding carboxylic acids is 3. The van der Waals surface area contributed by atoms with Crippen molar-refractivity contribution in [3.63, 3.8) is 0 Å². The molecule has 0 aliphatic rings. The highest BCUT2D eigenvalue weighted by Crippen LogP contribution is 2.20. The average molecular weight is 481 g/mol. The molecule has 0 radical (unpaired) electrons. The van der Waals surface area contributed by atoms with Gasteiger partial charge in [0.05, 0.1) is 4.90 Å². The fraction of sp³-hybridized carbons (Fsp3) is 0.400. The number of aromatic nitrogens is 1. The summed E-state index contributed by atoms with van der Waals surface area (Å²) in [6.07, 6.45) is 1.13. The molecule has 0 spiro atoms. The number of carboxylic acid groups (broad SMARTS) is 1. The van der Waals surface area contributed by atoms with E-state index in [0.29, 0.717) is 15.9 Å². The van der Waals surface area contributed by atoms with E-state index in [0.717, 1.165) is 4.31 Å². The van der Waals surface area contributed by atoms with Gasteiger partial charge in [0.2, 0.25) is 11.8 Å². The standard InChI is InChI=1S/C15H20N4O6S4/c16-8(15(23)24)3-4-11(20)18-9(7-26)14(22)19(29-28)6-12(21)25-13-10(27)2-1-5-17-13/h1-2,5,8-9,26-28H,3-4,6-7,16H2,(H,18,20)(H,23,24). The minimum Gasteiger partial charge on any atom is -0.480 e. The lowest BCUT2D eigenvalue weighted by atomic mass is 10.1. The molecule has 0 saturated heterocycles. The van der Waals surface area contributed by atoms with E-state index in [-0.39, 0.29) is 24.5 Å². The smallest absolute Gasteiger partial charge is 0.333 e. The van der Waals surface area contributed by atoms with E-state index in [4.69, 9.17) is 15.6 Å². The molecule has 1 rings (SSSR count). The van der Waals surface area contributed by atoms with Crippen LogP contribution in [0.3, 0.4) is 0 Å². The first-order valence-electron chi connectivity index (χ1n) is 8.05. The van der Waals surface area contributed by atoms with Crippen molar-refractivity contribution in [3.05, 3.63) is 18.3 Å². The van der Waals surface area contributed by atoms with E-state index < -0.39 is 42.4 Å². The van der Waals surface area contributed by atoms with Gasteiger partial charge < -0.3 is 20.9 Å². The minimum absolute atomic E-state index is 0.00814. The third-order valence-corrected chi connectivity index (χ3v) is 5.20. The van der Waals surface area contributed by atoms with Gasteiger partial charge in [0.25, 0.3) is 5.91 Å². The SMILES string of the molecule is NC(CCC(=O)NC(CS)C(=O)N(CC(=O)Oc1ncccc1S)SS)C(=O)O. The Hall–Kier alpha value is -1.61. The predicted octanol–water partition coefficient (Wildman–Crippen LogP) is 0.204. The predicted molar refractivity (Wildman–Crippen MR) is 116 cm³/mol. The van der Waals surface area contributed by atoms with Gasteiger partial charge in [0.1, 0.15) is 18.6 Å². The molecule has 160 valence electrons. The van der Waals surface area contributed by atoms with Crippen LogP contribution in [0.25, 0.3) is 0 Å². The Labute approximate surface area is 187 Å². The maximum atomic E-state index is 12.6. The Morgan fingerprint density at radius 2 is 2.07 bits per heavy atom. The number of hydrogen-bond donors (Lipinski definition) is 6. The van der Waals surface area contributed by atoms with Crippen LogP contribution in [0, 0.1) is 0 Å².